The zero-order chi connectivity index (χ0) is 22.8. The van der Waals surface area contributed by atoms with Crippen molar-refractivity contribution in [3.63, 3.8) is 0 Å². The van der Waals surface area contributed by atoms with Crippen LogP contribution < -0.4 is 40.5 Å². The Labute approximate surface area is 212 Å². The molecular formula is C28H34BrNO4. The third kappa shape index (κ3) is 4.70. The maximum atomic E-state index is 6.40. The first-order chi connectivity index (χ1) is 16.2. The summed E-state index contributed by atoms with van der Waals surface area (Å²) in [6.07, 6.45) is 11.1. The van der Waals surface area contributed by atoms with E-state index in [1.165, 1.54) is 48.9 Å². The largest absolute Gasteiger partial charge is 1.00 e. The fourth-order valence-electron chi connectivity index (χ4n) is 5.45. The average Bonchev–Trinajstić information content (AvgIpc) is 2.87. The summed E-state index contributed by atoms with van der Waals surface area (Å²) < 4.78 is 25.5. The minimum absolute atomic E-state index is 0. The first-order valence-electron chi connectivity index (χ1n) is 12.1. The molecule has 5 nitrogen and oxygen atoms in total. The van der Waals surface area contributed by atoms with Crippen LogP contribution in [0.5, 0.6) is 23.0 Å². The number of methoxy groups -OCH3 is 3. The van der Waals surface area contributed by atoms with Crippen LogP contribution in [0.15, 0.2) is 36.5 Å². The highest BCUT2D eigenvalue weighted by Crippen LogP contribution is 2.40. The van der Waals surface area contributed by atoms with E-state index >= 15 is 0 Å². The van der Waals surface area contributed by atoms with Gasteiger partial charge in [0.25, 0.3) is 0 Å². The summed E-state index contributed by atoms with van der Waals surface area (Å²) in [5.74, 6) is 3.99. The fraction of sp³-hybridized carbons (Fsp3) is 0.464. The van der Waals surface area contributed by atoms with Crippen molar-refractivity contribution < 1.29 is 40.5 Å². The van der Waals surface area contributed by atoms with Crippen LogP contribution in [0, 0.1) is 5.92 Å². The number of aromatic nitrogens is 1. The third-order valence-corrected chi connectivity index (χ3v) is 7.30. The average molecular weight is 528 g/mol. The van der Waals surface area contributed by atoms with Crippen LogP contribution in [0.3, 0.4) is 0 Å². The van der Waals surface area contributed by atoms with Gasteiger partial charge >= 0.3 is 0 Å². The molecule has 1 fully saturated rings. The van der Waals surface area contributed by atoms with Gasteiger partial charge in [0.1, 0.15) is 0 Å². The van der Waals surface area contributed by atoms with Crippen LogP contribution in [0.25, 0.3) is 22.0 Å². The maximum Gasteiger partial charge on any atom is 0.213 e. The molecule has 2 aromatic carbocycles. The van der Waals surface area contributed by atoms with Crippen LogP contribution in [0.2, 0.25) is 0 Å². The van der Waals surface area contributed by atoms with Crippen LogP contribution in [0.1, 0.15) is 44.1 Å². The molecule has 1 aromatic heterocycles. The van der Waals surface area contributed by atoms with E-state index in [1.807, 2.05) is 6.07 Å². The highest BCUT2D eigenvalue weighted by Gasteiger charge is 2.27. The number of benzene rings is 2. The molecule has 0 saturated heterocycles. The highest BCUT2D eigenvalue weighted by atomic mass is 79.9. The van der Waals surface area contributed by atoms with Crippen molar-refractivity contribution >= 4 is 10.8 Å². The van der Waals surface area contributed by atoms with Gasteiger partial charge in [-0.15, -0.1) is 0 Å². The van der Waals surface area contributed by atoms with Crippen molar-refractivity contribution in [1.82, 2.24) is 0 Å². The molecule has 5 rings (SSSR count). The second-order valence-corrected chi connectivity index (χ2v) is 9.21. The molecule has 0 N–H and O–H groups in total. The number of hydrogen-bond acceptors (Lipinski definition) is 4. The van der Waals surface area contributed by atoms with E-state index < -0.39 is 0 Å². The molecule has 0 spiro atoms. The molecule has 0 unspecified atom stereocenters. The molecule has 1 aliphatic heterocycles. The topological polar surface area (TPSA) is 40.8 Å². The molecule has 1 aliphatic carbocycles. The Morgan fingerprint density at radius 1 is 0.882 bits per heavy atom. The monoisotopic (exact) mass is 527 g/mol. The molecule has 0 radical (unpaired) electrons. The molecular weight excluding hydrogens is 494 g/mol. The summed E-state index contributed by atoms with van der Waals surface area (Å²) in [7, 11) is 5.09. The van der Waals surface area contributed by atoms with Gasteiger partial charge in [-0.3, -0.25) is 0 Å². The fourth-order valence-corrected chi connectivity index (χ4v) is 5.45. The lowest BCUT2D eigenvalue weighted by atomic mass is 9.87. The van der Waals surface area contributed by atoms with Crippen molar-refractivity contribution in [2.24, 2.45) is 5.92 Å². The second-order valence-electron chi connectivity index (χ2n) is 9.21. The van der Waals surface area contributed by atoms with Gasteiger partial charge in [-0.25, -0.2) is 0 Å². The van der Waals surface area contributed by atoms with Crippen molar-refractivity contribution in [1.29, 1.82) is 0 Å². The zero-order valence-electron chi connectivity index (χ0n) is 20.4. The molecule has 3 aromatic rings. The summed E-state index contributed by atoms with van der Waals surface area (Å²) in [6.45, 7) is 1.65. The van der Waals surface area contributed by atoms with Gasteiger partial charge in [-0.1, -0.05) is 32.1 Å². The number of hydrogen-bond donors (Lipinski definition) is 0. The highest BCUT2D eigenvalue weighted by molar-refractivity contribution is 5.91. The van der Waals surface area contributed by atoms with Gasteiger partial charge < -0.3 is 35.9 Å². The van der Waals surface area contributed by atoms with E-state index in [0.717, 1.165) is 65.7 Å². The number of nitrogens with zero attached hydrogens (tertiary/aromatic N) is 1. The van der Waals surface area contributed by atoms with Crippen LogP contribution in [0.4, 0.5) is 0 Å². The van der Waals surface area contributed by atoms with Gasteiger partial charge in [0.05, 0.1) is 38.9 Å². The summed E-state index contributed by atoms with van der Waals surface area (Å²) in [6, 6.07) is 10.6. The number of aryl methyl sites for hydroxylation is 2. The number of fused-ring (bicyclic) bond motifs is 4. The lowest BCUT2D eigenvalue weighted by Gasteiger charge is -2.22. The van der Waals surface area contributed by atoms with E-state index in [0.29, 0.717) is 0 Å². The summed E-state index contributed by atoms with van der Waals surface area (Å²) in [5, 5.41) is 2.25. The number of rotatable bonds is 7. The minimum Gasteiger partial charge on any atom is -1.00 e. The van der Waals surface area contributed by atoms with Gasteiger partial charge in [0.2, 0.25) is 5.69 Å². The van der Waals surface area contributed by atoms with Gasteiger partial charge in [0.15, 0.2) is 35.7 Å². The molecule has 1 saturated carbocycles. The van der Waals surface area contributed by atoms with Gasteiger partial charge in [-0.2, -0.15) is 4.57 Å². The summed E-state index contributed by atoms with van der Waals surface area (Å²) in [4.78, 5) is 0. The van der Waals surface area contributed by atoms with E-state index in [4.69, 9.17) is 18.9 Å². The van der Waals surface area contributed by atoms with E-state index in [-0.39, 0.29) is 17.0 Å². The summed E-state index contributed by atoms with van der Waals surface area (Å²) >= 11 is 0. The van der Waals surface area contributed by atoms with Crippen molar-refractivity contribution in [2.75, 3.05) is 27.9 Å². The second kappa shape index (κ2) is 10.9. The Hall–Kier alpha value is -2.47. The molecule has 34 heavy (non-hydrogen) atoms. The maximum absolute atomic E-state index is 6.40. The van der Waals surface area contributed by atoms with Gasteiger partial charge in [0, 0.05) is 12.5 Å². The van der Waals surface area contributed by atoms with Crippen LogP contribution >= 0.6 is 0 Å². The molecule has 2 aliphatic rings. The molecule has 182 valence electrons. The standard InChI is InChI=1S/C28H34NO4.BrH/c1-30-25-10-9-20-15-24-22-17-27(32-3)26(31-2)16-21(22)11-13-29(24)18-23(20)28(25)33-14-12-19-7-5-4-6-8-19;/h9-10,15-19H,4-8,11-14H2,1-3H3;1H/q+1;/p-1. The number of halogens is 1. The molecule has 0 bridgehead atoms. The summed E-state index contributed by atoms with van der Waals surface area (Å²) in [5.41, 5.74) is 3.66. The van der Waals surface area contributed by atoms with Crippen LogP contribution in [-0.4, -0.2) is 27.9 Å². The zero-order valence-corrected chi connectivity index (χ0v) is 21.9. The third-order valence-electron chi connectivity index (χ3n) is 7.30. The van der Waals surface area contributed by atoms with Crippen molar-refractivity contribution in [2.45, 2.75) is 51.5 Å². The Kier molecular flexibility index (Phi) is 7.87. The lowest BCUT2D eigenvalue weighted by Crippen LogP contribution is -3.00. The Morgan fingerprint density at radius 2 is 1.62 bits per heavy atom. The van der Waals surface area contributed by atoms with Gasteiger partial charge in [-0.05, 0) is 47.6 Å². The van der Waals surface area contributed by atoms with Crippen LogP contribution in [-0.2, 0) is 13.0 Å². The van der Waals surface area contributed by atoms with Crippen molar-refractivity contribution in [3.8, 4) is 34.3 Å². The van der Waals surface area contributed by atoms with Crippen molar-refractivity contribution in [3.05, 3.63) is 42.1 Å². The SMILES string of the molecule is COc1cc2c(cc1OC)-c1cc3ccc(OC)c(OCCC4CCCCC4)c3c[n+]1CC2.[Br-]. The minimum atomic E-state index is 0. The van der Waals surface area contributed by atoms with E-state index in [1.54, 1.807) is 21.3 Å². The molecule has 0 atom stereocenters. The molecule has 2 heterocycles. The Bertz CT molecular complexity index is 1160. The predicted molar refractivity (Wildman–Crippen MR) is 130 cm³/mol. The predicted octanol–water partition coefficient (Wildman–Crippen LogP) is 2.73. The first-order valence-corrected chi connectivity index (χ1v) is 12.1. The van der Waals surface area contributed by atoms with E-state index in [9.17, 15) is 0 Å². The molecule has 0 amide bonds. The number of ether oxygens (including phenoxy) is 4. The smallest absolute Gasteiger partial charge is 0.213 e. The normalized spacial score (nSPS) is 15.1. The Balaban J connectivity index is 0.00000274. The lowest BCUT2D eigenvalue weighted by molar-refractivity contribution is -0.686. The van der Waals surface area contributed by atoms with E-state index in [2.05, 4.69) is 35.0 Å². The number of pyridine rings is 1. The Morgan fingerprint density at radius 3 is 2.35 bits per heavy atom. The first kappa shape index (κ1) is 24.6. The molecule has 6 heteroatoms. The quantitative estimate of drug-likeness (QED) is 0.443.